The van der Waals surface area contributed by atoms with Gasteiger partial charge in [-0.3, -0.25) is 0 Å². The van der Waals surface area contributed by atoms with Gasteiger partial charge in [0.15, 0.2) is 5.16 Å². The molecule has 2 saturated carbocycles. The van der Waals surface area contributed by atoms with E-state index in [-0.39, 0.29) is 0 Å². The second-order valence-electron chi connectivity index (χ2n) is 5.48. The first-order chi connectivity index (χ1) is 9.29. The summed E-state index contributed by atoms with van der Waals surface area (Å²) in [5.74, 6) is 4.51. The van der Waals surface area contributed by atoms with Gasteiger partial charge in [0.1, 0.15) is 5.82 Å². The van der Waals surface area contributed by atoms with Crippen molar-refractivity contribution < 1.29 is 0 Å². The van der Waals surface area contributed by atoms with E-state index in [1.165, 1.54) is 31.5 Å². The van der Waals surface area contributed by atoms with Crippen molar-refractivity contribution in [1.29, 1.82) is 0 Å². The fraction of sp³-hybridized carbons (Fsp3) is 0.714. The number of terminal acetylenes is 1. The van der Waals surface area contributed by atoms with Gasteiger partial charge in [-0.1, -0.05) is 24.6 Å². The highest BCUT2D eigenvalue weighted by Crippen LogP contribution is 2.46. The molecule has 1 unspecified atom stereocenters. The maximum Gasteiger partial charge on any atom is 0.191 e. The molecule has 5 heteroatoms. The van der Waals surface area contributed by atoms with Gasteiger partial charge in [0, 0.05) is 23.8 Å². The van der Waals surface area contributed by atoms with Gasteiger partial charge in [0.2, 0.25) is 0 Å². The Balaban J connectivity index is 1.65. The highest BCUT2D eigenvalue weighted by atomic mass is 32.2. The molecule has 0 radical (unpaired) electrons. The molecule has 19 heavy (non-hydrogen) atoms. The van der Waals surface area contributed by atoms with Crippen LogP contribution in [0.1, 0.15) is 50.4 Å². The highest BCUT2D eigenvalue weighted by molar-refractivity contribution is 7.99. The van der Waals surface area contributed by atoms with Crippen LogP contribution in [0.4, 0.5) is 0 Å². The Bertz CT molecular complexity index is 482. The molecule has 0 spiro atoms. The summed E-state index contributed by atoms with van der Waals surface area (Å²) in [7, 11) is 0. The first-order valence-corrected chi connectivity index (χ1v) is 7.93. The Kier molecular flexibility index (Phi) is 3.81. The van der Waals surface area contributed by atoms with E-state index in [2.05, 4.69) is 32.9 Å². The molecule has 1 N–H and O–H groups in total. The Hall–Kier alpha value is -0.990. The second kappa shape index (κ2) is 5.56. The lowest BCUT2D eigenvalue weighted by Crippen LogP contribution is -2.23. The molecule has 1 atom stereocenters. The third kappa shape index (κ3) is 3.13. The van der Waals surface area contributed by atoms with E-state index in [1.54, 1.807) is 0 Å². The van der Waals surface area contributed by atoms with E-state index in [0.29, 0.717) is 23.8 Å². The smallest absolute Gasteiger partial charge is 0.191 e. The summed E-state index contributed by atoms with van der Waals surface area (Å²) < 4.78 is 2.40. The normalized spacial score (nSPS) is 20.2. The largest absolute Gasteiger partial charge is 0.305 e. The lowest BCUT2D eigenvalue weighted by atomic mass is 10.4. The van der Waals surface area contributed by atoms with Crippen molar-refractivity contribution >= 4 is 11.8 Å². The Morgan fingerprint density at radius 2 is 2.21 bits per heavy atom. The third-order valence-corrected chi connectivity index (χ3v) is 4.57. The van der Waals surface area contributed by atoms with Gasteiger partial charge in [-0.15, -0.1) is 16.6 Å². The molecule has 3 rings (SSSR count). The lowest BCUT2D eigenvalue weighted by molar-refractivity contribution is 0.624. The SMILES string of the molecule is C#CCNCC(C)Sc1nnc(C2CC2)n1C1CC1. The summed E-state index contributed by atoms with van der Waals surface area (Å²) in [5.41, 5.74) is 0. The van der Waals surface area contributed by atoms with Gasteiger partial charge < -0.3 is 9.88 Å². The van der Waals surface area contributed by atoms with Crippen molar-refractivity contribution in [2.24, 2.45) is 0 Å². The minimum Gasteiger partial charge on any atom is -0.305 e. The second-order valence-corrected chi connectivity index (χ2v) is 6.89. The summed E-state index contributed by atoms with van der Waals surface area (Å²) >= 11 is 1.81. The van der Waals surface area contributed by atoms with Crippen LogP contribution in [0.15, 0.2) is 5.16 Å². The summed E-state index contributed by atoms with van der Waals surface area (Å²) in [4.78, 5) is 0. The number of nitrogens with zero attached hydrogens (tertiary/aromatic N) is 3. The van der Waals surface area contributed by atoms with Crippen LogP contribution in [-0.4, -0.2) is 33.1 Å². The molecule has 2 fully saturated rings. The maximum absolute atomic E-state index is 5.24. The Morgan fingerprint density at radius 1 is 1.42 bits per heavy atom. The van der Waals surface area contributed by atoms with Crippen molar-refractivity contribution in [3.05, 3.63) is 5.82 Å². The average Bonchev–Trinajstić information content (AvgIpc) is 3.30. The molecule has 0 saturated heterocycles. The number of aromatic nitrogens is 3. The molecule has 0 aliphatic heterocycles. The van der Waals surface area contributed by atoms with Gasteiger partial charge >= 0.3 is 0 Å². The van der Waals surface area contributed by atoms with E-state index in [1.807, 2.05) is 11.8 Å². The first kappa shape index (κ1) is 13.0. The zero-order valence-corrected chi connectivity index (χ0v) is 12.1. The number of hydrogen-bond donors (Lipinski definition) is 1. The fourth-order valence-corrected chi connectivity index (χ4v) is 3.24. The Morgan fingerprint density at radius 3 is 2.84 bits per heavy atom. The minimum absolute atomic E-state index is 0.460. The minimum atomic E-state index is 0.460. The molecule has 2 aliphatic rings. The molecule has 1 aromatic heterocycles. The lowest BCUT2D eigenvalue weighted by Gasteiger charge is -2.12. The molecule has 2 aliphatic carbocycles. The number of hydrogen-bond acceptors (Lipinski definition) is 4. The Labute approximate surface area is 118 Å². The van der Waals surface area contributed by atoms with Crippen LogP contribution in [0.5, 0.6) is 0 Å². The third-order valence-electron chi connectivity index (χ3n) is 3.51. The molecule has 1 aromatic rings. The number of thioether (sulfide) groups is 1. The number of rotatable bonds is 7. The topological polar surface area (TPSA) is 42.7 Å². The first-order valence-electron chi connectivity index (χ1n) is 7.05. The van der Waals surface area contributed by atoms with Crippen LogP contribution in [0, 0.1) is 12.3 Å². The standard InChI is InChI=1S/C14H20N4S/c1-3-8-15-9-10(2)19-14-17-16-13(11-4-5-11)18(14)12-6-7-12/h1,10-12,15H,4-9H2,2H3. The molecule has 4 nitrogen and oxygen atoms in total. The molecule has 0 bridgehead atoms. The molecular weight excluding hydrogens is 256 g/mol. The van der Waals surface area contributed by atoms with E-state index >= 15 is 0 Å². The van der Waals surface area contributed by atoms with Crippen LogP contribution in [-0.2, 0) is 0 Å². The van der Waals surface area contributed by atoms with Crippen LogP contribution >= 0.6 is 11.8 Å². The molecule has 102 valence electrons. The summed E-state index contributed by atoms with van der Waals surface area (Å²) in [6.07, 6.45) is 10.4. The van der Waals surface area contributed by atoms with Crippen LogP contribution in [0.2, 0.25) is 0 Å². The van der Waals surface area contributed by atoms with Gasteiger partial charge in [0.05, 0.1) is 6.54 Å². The number of nitrogens with one attached hydrogen (secondary N) is 1. The van der Waals surface area contributed by atoms with Crippen LogP contribution in [0.3, 0.4) is 0 Å². The summed E-state index contributed by atoms with van der Waals surface area (Å²) in [5, 5.41) is 13.6. The van der Waals surface area contributed by atoms with Crippen molar-refractivity contribution in [1.82, 2.24) is 20.1 Å². The fourth-order valence-electron chi connectivity index (χ4n) is 2.23. The van der Waals surface area contributed by atoms with Gasteiger partial charge in [-0.2, -0.15) is 0 Å². The molecule has 0 amide bonds. The van der Waals surface area contributed by atoms with E-state index in [4.69, 9.17) is 6.42 Å². The van der Waals surface area contributed by atoms with Crippen LogP contribution in [0.25, 0.3) is 0 Å². The van der Waals surface area contributed by atoms with Crippen molar-refractivity contribution in [2.75, 3.05) is 13.1 Å². The zero-order valence-electron chi connectivity index (χ0n) is 11.3. The van der Waals surface area contributed by atoms with Crippen molar-refractivity contribution in [2.45, 2.75) is 55.0 Å². The maximum atomic E-state index is 5.24. The average molecular weight is 276 g/mol. The van der Waals surface area contributed by atoms with Crippen molar-refractivity contribution in [3.8, 4) is 12.3 Å². The quantitative estimate of drug-likeness (QED) is 0.471. The molecule has 0 aromatic carbocycles. The highest BCUT2D eigenvalue weighted by Gasteiger charge is 2.36. The summed E-state index contributed by atoms with van der Waals surface area (Å²) in [6.45, 7) is 3.75. The predicted octanol–water partition coefficient (Wildman–Crippen LogP) is 2.19. The van der Waals surface area contributed by atoms with Gasteiger partial charge in [0.25, 0.3) is 0 Å². The predicted molar refractivity (Wildman–Crippen MR) is 77.3 cm³/mol. The van der Waals surface area contributed by atoms with E-state index in [9.17, 15) is 0 Å². The van der Waals surface area contributed by atoms with E-state index in [0.717, 1.165) is 11.7 Å². The van der Waals surface area contributed by atoms with Gasteiger partial charge in [-0.05, 0) is 25.7 Å². The zero-order chi connectivity index (χ0) is 13.2. The van der Waals surface area contributed by atoms with Crippen molar-refractivity contribution in [3.63, 3.8) is 0 Å². The van der Waals surface area contributed by atoms with Gasteiger partial charge in [-0.25, -0.2) is 0 Å². The molecular formula is C14H20N4S. The summed E-state index contributed by atoms with van der Waals surface area (Å²) in [6, 6.07) is 0.666. The monoisotopic (exact) mass is 276 g/mol. The molecule has 1 heterocycles. The van der Waals surface area contributed by atoms with Crippen LogP contribution < -0.4 is 5.32 Å². The van der Waals surface area contributed by atoms with E-state index < -0.39 is 0 Å².